The van der Waals surface area contributed by atoms with Crippen molar-refractivity contribution in [3.8, 4) is 6.07 Å². The highest BCUT2D eigenvalue weighted by atomic mass is 32.1. The van der Waals surface area contributed by atoms with Crippen molar-refractivity contribution in [3.05, 3.63) is 47.5 Å². The number of rotatable bonds is 2. The molecule has 19 heavy (non-hydrogen) atoms. The van der Waals surface area contributed by atoms with E-state index in [-0.39, 0.29) is 0 Å². The number of hydrogen-bond donors (Lipinski definition) is 2. The third-order valence-corrected chi connectivity index (χ3v) is 3.77. The van der Waals surface area contributed by atoms with Crippen LogP contribution in [0, 0.1) is 11.3 Å². The summed E-state index contributed by atoms with van der Waals surface area (Å²) in [5.41, 5.74) is 8.28. The number of aromatic nitrogens is 1. The summed E-state index contributed by atoms with van der Waals surface area (Å²) in [6.07, 6.45) is 1.65. The summed E-state index contributed by atoms with van der Waals surface area (Å²) in [6, 6.07) is 13.6. The van der Waals surface area contributed by atoms with Gasteiger partial charge in [-0.3, -0.25) is 0 Å². The lowest BCUT2D eigenvalue weighted by Crippen LogP contribution is -1.93. The van der Waals surface area contributed by atoms with Gasteiger partial charge in [0.2, 0.25) is 0 Å². The third-order valence-electron chi connectivity index (χ3n) is 2.77. The average Bonchev–Trinajstić information content (AvgIpc) is 2.79. The summed E-state index contributed by atoms with van der Waals surface area (Å²) < 4.78 is 0. The van der Waals surface area contributed by atoms with Gasteiger partial charge in [0.15, 0.2) is 0 Å². The SMILES string of the molecule is N#Cc1sc2nccc(N)c2c1Nc1ccccc1. The summed E-state index contributed by atoms with van der Waals surface area (Å²) >= 11 is 1.34. The molecule has 0 aliphatic carbocycles. The number of thiophene rings is 1. The average molecular weight is 266 g/mol. The molecule has 3 aromatic rings. The first-order valence-corrected chi connectivity index (χ1v) is 6.50. The molecule has 0 fully saturated rings. The summed E-state index contributed by atoms with van der Waals surface area (Å²) in [7, 11) is 0. The van der Waals surface area contributed by atoms with E-state index in [9.17, 15) is 5.26 Å². The van der Waals surface area contributed by atoms with Crippen LogP contribution in [0.2, 0.25) is 0 Å². The molecule has 0 spiro atoms. The molecule has 0 radical (unpaired) electrons. The summed E-state index contributed by atoms with van der Waals surface area (Å²) in [4.78, 5) is 5.62. The minimum absolute atomic E-state index is 0.587. The molecular formula is C14H10N4S. The van der Waals surface area contributed by atoms with E-state index < -0.39 is 0 Å². The number of nitrogens with zero attached hydrogens (tertiary/aromatic N) is 2. The first kappa shape index (κ1) is 11.5. The first-order valence-electron chi connectivity index (χ1n) is 5.69. The number of nitrogen functional groups attached to an aromatic ring is 1. The fourth-order valence-corrected chi connectivity index (χ4v) is 2.84. The molecular weight excluding hydrogens is 256 g/mol. The minimum Gasteiger partial charge on any atom is -0.398 e. The maximum Gasteiger partial charge on any atom is 0.131 e. The molecule has 0 saturated heterocycles. The van der Waals surface area contributed by atoms with Gasteiger partial charge in [0.25, 0.3) is 0 Å². The van der Waals surface area contributed by atoms with E-state index in [2.05, 4.69) is 16.4 Å². The van der Waals surface area contributed by atoms with Gasteiger partial charge in [0, 0.05) is 17.6 Å². The number of nitrogens with one attached hydrogen (secondary N) is 1. The normalized spacial score (nSPS) is 10.3. The predicted octanol–water partition coefficient (Wildman–Crippen LogP) is 3.49. The van der Waals surface area contributed by atoms with Gasteiger partial charge in [-0.1, -0.05) is 18.2 Å². The molecule has 0 bridgehead atoms. The topological polar surface area (TPSA) is 74.7 Å². The molecule has 2 aromatic heterocycles. The second kappa shape index (κ2) is 4.59. The fraction of sp³-hybridized carbons (Fsp3) is 0. The first-order chi connectivity index (χ1) is 9.29. The second-order valence-electron chi connectivity index (χ2n) is 3.99. The van der Waals surface area contributed by atoms with Crippen LogP contribution in [0.25, 0.3) is 10.2 Å². The standard InChI is InChI=1S/C14H10N4S/c15-8-11-13(18-9-4-2-1-3-5-9)12-10(16)6-7-17-14(12)19-11/h1-7,18H,(H2,16,17). The molecule has 5 heteroatoms. The van der Waals surface area contributed by atoms with Gasteiger partial charge in [-0.05, 0) is 18.2 Å². The van der Waals surface area contributed by atoms with Gasteiger partial charge in [-0.25, -0.2) is 4.98 Å². The van der Waals surface area contributed by atoms with Gasteiger partial charge >= 0.3 is 0 Å². The number of nitriles is 1. The number of benzene rings is 1. The Kier molecular flexibility index (Phi) is 2.78. The highest BCUT2D eigenvalue weighted by Crippen LogP contribution is 2.38. The zero-order chi connectivity index (χ0) is 13.2. The van der Waals surface area contributed by atoms with Crippen molar-refractivity contribution in [1.82, 2.24) is 4.98 Å². The Morgan fingerprint density at radius 3 is 2.74 bits per heavy atom. The second-order valence-corrected chi connectivity index (χ2v) is 4.99. The van der Waals surface area contributed by atoms with E-state index in [0.717, 1.165) is 21.6 Å². The van der Waals surface area contributed by atoms with Crippen molar-refractivity contribution < 1.29 is 0 Å². The summed E-state index contributed by atoms with van der Waals surface area (Å²) in [5, 5.41) is 13.3. The summed E-state index contributed by atoms with van der Waals surface area (Å²) in [5.74, 6) is 0. The van der Waals surface area contributed by atoms with E-state index in [1.165, 1.54) is 11.3 Å². The molecule has 3 N–H and O–H groups in total. The number of pyridine rings is 1. The molecule has 0 unspecified atom stereocenters. The highest BCUT2D eigenvalue weighted by Gasteiger charge is 2.15. The van der Waals surface area contributed by atoms with Gasteiger partial charge in [-0.2, -0.15) is 5.26 Å². The lowest BCUT2D eigenvalue weighted by Gasteiger charge is -2.06. The van der Waals surface area contributed by atoms with Crippen molar-refractivity contribution in [2.75, 3.05) is 11.1 Å². The number of anilines is 3. The zero-order valence-corrected chi connectivity index (χ0v) is 10.7. The van der Waals surface area contributed by atoms with Gasteiger partial charge < -0.3 is 11.1 Å². The predicted molar refractivity (Wildman–Crippen MR) is 78.5 cm³/mol. The number of hydrogen-bond acceptors (Lipinski definition) is 5. The van der Waals surface area contributed by atoms with Crippen molar-refractivity contribution >= 4 is 38.6 Å². The van der Waals surface area contributed by atoms with E-state index in [0.29, 0.717) is 10.6 Å². The molecule has 0 aliphatic rings. The Balaban J connectivity index is 2.19. The smallest absolute Gasteiger partial charge is 0.131 e. The molecule has 0 aliphatic heterocycles. The van der Waals surface area contributed by atoms with E-state index >= 15 is 0 Å². The Labute approximate surface area is 114 Å². The van der Waals surface area contributed by atoms with Crippen molar-refractivity contribution in [1.29, 1.82) is 5.26 Å². The molecule has 0 saturated carbocycles. The summed E-state index contributed by atoms with van der Waals surface area (Å²) in [6.45, 7) is 0. The van der Waals surface area contributed by atoms with Gasteiger partial charge in [-0.15, -0.1) is 11.3 Å². The van der Waals surface area contributed by atoms with Gasteiger partial charge in [0.1, 0.15) is 15.8 Å². The van der Waals surface area contributed by atoms with Crippen LogP contribution in [0.3, 0.4) is 0 Å². The minimum atomic E-state index is 0.587. The van der Waals surface area contributed by atoms with Crippen LogP contribution in [0.5, 0.6) is 0 Å². The Morgan fingerprint density at radius 2 is 2.00 bits per heavy atom. The number of para-hydroxylation sites is 1. The van der Waals surface area contributed by atoms with Crippen molar-refractivity contribution in [2.24, 2.45) is 0 Å². The molecule has 92 valence electrons. The van der Waals surface area contributed by atoms with E-state index in [1.807, 2.05) is 30.3 Å². The van der Waals surface area contributed by atoms with Crippen LogP contribution in [-0.2, 0) is 0 Å². The number of nitrogens with two attached hydrogens (primary N) is 1. The van der Waals surface area contributed by atoms with Crippen LogP contribution < -0.4 is 11.1 Å². The van der Waals surface area contributed by atoms with Crippen molar-refractivity contribution in [2.45, 2.75) is 0 Å². The Bertz CT molecular complexity index is 771. The molecule has 2 heterocycles. The lowest BCUT2D eigenvalue weighted by molar-refractivity contribution is 1.44. The largest absolute Gasteiger partial charge is 0.398 e. The van der Waals surface area contributed by atoms with Crippen LogP contribution >= 0.6 is 11.3 Å². The fourth-order valence-electron chi connectivity index (χ4n) is 1.91. The van der Waals surface area contributed by atoms with Crippen LogP contribution in [-0.4, -0.2) is 4.98 Å². The van der Waals surface area contributed by atoms with E-state index in [1.54, 1.807) is 12.3 Å². The van der Waals surface area contributed by atoms with Crippen LogP contribution in [0.15, 0.2) is 42.6 Å². The van der Waals surface area contributed by atoms with Crippen molar-refractivity contribution in [3.63, 3.8) is 0 Å². The van der Waals surface area contributed by atoms with E-state index in [4.69, 9.17) is 5.73 Å². The molecule has 0 atom stereocenters. The monoisotopic (exact) mass is 266 g/mol. The van der Waals surface area contributed by atoms with Crippen LogP contribution in [0.4, 0.5) is 17.1 Å². The lowest BCUT2D eigenvalue weighted by atomic mass is 10.2. The molecule has 1 aromatic carbocycles. The third kappa shape index (κ3) is 1.98. The van der Waals surface area contributed by atoms with Crippen LogP contribution in [0.1, 0.15) is 4.88 Å². The maximum atomic E-state index is 9.24. The molecule has 0 amide bonds. The maximum absolute atomic E-state index is 9.24. The Hall–Kier alpha value is -2.58. The zero-order valence-electron chi connectivity index (χ0n) is 9.92. The number of fused-ring (bicyclic) bond motifs is 1. The highest BCUT2D eigenvalue weighted by molar-refractivity contribution is 7.20. The quantitative estimate of drug-likeness (QED) is 0.744. The Morgan fingerprint density at radius 1 is 1.21 bits per heavy atom. The van der Waals surface area contributed by atoms with Gasteiger partial charge in [0.05, 0.1) is 11.1 Å². The molecule has 3 rings (SSSR count). The molecule has 4 nitrogen and oxygen atoms in total.